The van der Waals surface area contributed by atoms with Crippen LogP contribution >= 0.6 is 0 Å². The van der Waals surface area contributed by atoms with Crippen molar-refractivity contribution in [3.63, 3.8) is 0 Å². The molecule has 0 saturated carbocycles. The Hall–Kier alpha value is -2.45. The molecule has 4 rings (SSSR count). The van der Waals surface area contributed by atoms with Crippen molar-refractivity contribution in [2.75, 3.05) is 20.2 Å². The van der Waals surface area contributed by atoms with Gasteiger partial charge >= 0.3 is 0 Å². The molecular weight excluding hydrogens is 393 g/mol. The van der Waals surface area contributed by atoms with E-state index in [1.54, 1.807) is 6.07 Å². The Morgan fingerprint density at radius 3 is 2.59 bits per heavy atom. The van der Waals surface area contributed by atoms with E-state index in [0.29, 0.717) is 17.0 Å². The molecule has 2 heterocycles. The monoisotopic (exact) mass is 417 g/mol. The number of hydrogen-bond acceptors (Lipinski definition) is 5. The third-order valence-electron chi connectivity index (χ3n) is 5.50. The molecule has 1 N–H and O–H groups in total. The molecule has 8 heteroatoms. The number of methoxy groups -OCH3 is 1. The lowest BCUT2D eigenvalue weighted by Gasteiger charge is -2.21. The highest BCUT2D eigenvalue weighted by atomic mass is 32.2. The van der Waals surface area contributed by atoms with Gasteiger partial charge in [0.25, 0.3) is 10.0 Å². The molecule has 0 spiro atoms. The number of nitrogens with one attached hydrogen (secondary N) is 1. The van der Waals surface area contributed by atoms with Crippen molar-refractivity contribution in [2.45, 2.75) is 36.5 Å². The molecule has 1 fully saturated rings. The fourth-order valence-electron chi connectivity index (χ4n) is 4.08. The summed E-state index contributed by atoms with van der Waals surface area (Å²) in [6.45, 7) is 1.99. The summed E-state index contributed by atoms with van der Waals surface area (Å²) >= 11 is 0. The second-order valence-corrected chi connectivity index (χ2v) is 9.05. The summed E-state index contributed by atoms with van der Waals surface area (Å²) in [6, 6.07) is 9.51. The van der Waals surface area contributed by atoms with E-state index in [1.807, 2.05) is 12.1 Å². The van der Waals surface area contributed by atoms with Gasteiger partial charge in [0.15, 0.2) is 11.6 Å². The van der Waals surface area contributed by atoms with Crippen LogP contribution in [0.2, 0.25) is 0 Å². The maximum Gasteiger partial charge on any atom is 0.273 e. The zero-order valence-electron chi connectivity index (χ0n) is 16.3. The average molecular weight is 418 g/mol. The lowest BCUT2D eigenvalue weighted by atomic mass is 9.88. The lowest BCUT2D eigenvalue weighted by molar-refractivity contribution is 0.374. The van der Waals surface area contributed by atoms with Gasteiger partial charge in [-0.25, -0.2) is 21.8 Å². The Kier molecular flexibility index (Phi) is 5.56. The zero-order chi connectivity index (χ0) is 20.4. The quantitative estimate of drug-likeness (QED) is 0.701. The van der Waals surface area contributed by atoms with E-state index in [1.165, 1.54) is 31.6 Å². The minimum atomic E-state index is -4.07. The van der Waals surface area contributed by atoms with Gasteiger partial charge in [-0.1, -0.05) is 18.2 Å². The van der Waals surface area contributed by atoms with Crippen LogP contribution in [0, 0.1) is 5.82 Å². The maximum absolute atomic E-state index is 14.1. The Labute approximate surface area is 169 Å². The predicted molar refractivity (Wildman–Crippen MR) is 109 cm³/mol. The minimum absolute atomic E-state index is 0.221. The van der Waals surface area contributed by atoms with Crippen molar-refractivity contribution in [1.82, 2.24) is 14.3 Å². The number of benzene rings is 2. The van der Waals surface area contributed by atoms with Crippen molar-refractivity contribution < 1.29 is 17.5 Å². The summed E-state index contributed by atoms with van der Waals surface area (Å²) in [5.74, 6) is -0.671. The molecule has 0 unspecified atom stereocenters. The molecule has 6 nitrogen and oxygen atoms in total. The minimum Gasteiger partial charge on any atom is -0.492 e. The summed E-state index contributed by atoms with van der Waals surface area (Å²) < 4.78 is 46.8. The number of nitrogens with zero attached hydrogens (tertiary/aromatic N) is 2. The first-order chi connectivity index (χ1) is 14.0. The molecule has 0 atom stereocenters. The van der Waals surface area contributed by atoms with E-state index in [-0.39, 0.29) is 10.6 Å². The maximum atomic E-state index is 14.1. The predicted octanol–water partition coefficient (Wildman–Crippen LogP) is 3.67. The SMILES string of the molecule is COc1c(F)cccc1S(=O)(=O)n1cnc2c(C3CCCNCCC3)cccc21. The third-order valence-corrected chi connectivity index (χ3v) is 7.19. The summed E-state index contributed by atoms with van der Waals surface area (Å²) in [5.41, 5.74) is 2.25. The van der Waals surface area contributed by atoms with Gasteiger partial charge in [0.1, 0.15) is 11.2 Å². The van der Waals surface area contributed by atoms with Gasteiger partial charge in [0.2, 0.25) is 0 Å². The molecule has 1 aliphatic heterocycles. The zero-order valence-corrected chi connectivity index (χ0v) is 17.1. The van der Waals surface area contributed by atoms with Crippen LogP contribution in [-0.4, -0.2) is 37.6 Å². The number of aromatic nitrogens is 2. The Morgan fingerprint density at radius 2 is 1.86 bits per heavy atom. The van der Waals surface area contributed by atoms with Gasteiger partial charge in [0.05, 0.1) is 18.1 Å². The number of fused-ring (bicyclic) bond motifs is 1. The fourth-order valence-corrected chi connectivity index (χ4v) is 5.54. The van der Waals surface area contributed by atoms with Gasteiger partial charge in [0, 0.05) is 0 Å². The van der Waals surface area contributed by atoms with E-state index in [4.69, 9.17) is 4.74 Å². The highest BCUT2D eigenvalue weighted by Gasteiger charge is 2.27. The highest BCUT2D eigenvalue weighted by molar-refractivity contribution is 7.90. The number of hydrogen-bond donors (Lipinski definition) is 1. The Morgan fingerprint density at radius 1 is 1.14 bits per heavy atom. The lowest BCUT2D eigenvalue weighted by Crippen LogP contribution is -2.21. The number of para-hydroxylation sites is 2. The topological polar surface area (TPSA) is 73.2 Å². The molecule has 1 saturated heterocycles. The van der Waals surface area contributed by atoms with Gasteiger partial charge in [-0.05, 0) is 68.5 Å². The van der Waals surface area contributed by atoms with Crippen molar-refractivity contribution in [3.8, 4) is 5.75 Å². The molecule has 1 aliphatic rings. The highest BCUT2D eigenvalue weighted by Crippen LogP contribution is 2.34. The molecule has 0 bridgehead atoms. The van der Waals surface area contributed by atoms with Gasteiger partial charge < -0.3 is 10.1 Å². The Balaban J connectivity index is 1.81. The summed E-state index contributed by atoms with van der Waals surface area (Å²) in [5, 5.41) is 3.41. The molecular formula is C21H24FN3O3S. The smallest absolute Gasteiger partial charge is 0.273 e. The Bertz CT molecular complexity index is 1120. The van der Waals surface area contributed by atoms with Crippen LogP contribution < -0.4 is 10.1 Å². The molecule has 0 radical (unpaired) electrons. The fraction of sp³-hybridized carbons (Fsp3) is 0.381. The summed E-state index contributed by atoms with van der Waals surface area (Å²) in [7, 11) is -2.81. The van der Waals surface area contributed by atoms with Crippen LogP contribution in [0.3, 0.4) is 0 Å². The van der Waals surface area contributed by atoms with Crippen LogP contribution in [-0.2, 0) is 10.0 Å². The largest absolute Gasteiger partial charge is 0.492 e. The van der Waals surface area contributed by atoms with Crippen LogP contribution in [0.15, 0.2) is 47.6 Å². The van der Waals surface area contributed by atoms with Crippen molar-refractivity contribution in [1.29, 1.82) is 0 Å². The van der Waals surface area contributed by atoms with Gasteiger partial charge in [-0.3, -0.25) is 0 Å². The normalized spacial score (nSPS) is 16.5. The molecule has 0 amide bonds. The van der Waals surface area contributed by atoms with E-state index >= 15 is 0 Å². The second kappa shape index (κ2) is 8.12. The molecule has 154 valence electrons. The molecule has 3 aromatic rings. The molecule has 0 aliphatic carbocycles. The first-order valence-corrected chi connectivity index (χ1v) is 11.2. The van der Waals surface area contributed by atoms with Crippen LogP contribution in [0.25, 0.3) is 11.0 Å². The van der Waals surface area contributed by atoms with Crippen molar-refractivity contribution >= 4 is 21.1 Å². The third kappa shape index (κ3) is 3.62. The summed E-state index contributed by atoms with van der Waals surface area (Å²) in [6.07, 6.45) is 5.51. The van der Waals surface area contributed by atoms with Crippen LogP contribution in [0.1, 0.15) is 37.2 Å². The summed E-state index contributed by atoms with van der Waals surface area (Å²) in [4.78, 5) is 4.23. The van der Waals surface area contributed by atoms with Gasteiger partial charge in [-0.2, -0.15) is 0 Å². The number of rotatable bonds is 4. The van der Waals surface area contributed by atoms with Crippen LogP contribution in [0.5, 0.6) is 5.75 Å². The second-order valence-electron chi connectivity index (χ2n) is 7.26. The number of imidazole rings is 1. The van der Waals surface area contributed by atoms with Crippen LogP contribution in [0.4, 0.5) is 4.39 Å². The first kappa shape index (κ1) is 19.8. The van der Waals surface area contributed by atoms with E-state index < -0.39 is 15.8 Å². The van der Waals surface area contributed by atoms with Gasteiger partial charge in [-0.15, -0.1) is 0 Å². The van der Waals surface area contributed by atoms with E-state index in [2.05, 4.69) is 10.3 Å². The standard InChI is InChI=1S/C21H24FN3O3S/c1-28-21-17(22)9-3-11-19(21)29(26,27)25-14-24-20-16(8-2-10-18(20)25)15-6-4-12-23-13-5-7-15/h2-3,8-11,14-15,23H,4-7,12-13H2,1H3. The molecule has 29 heavy (non-hydrogen) atoms. The van der Waals surface area contributed by atoms with Crippen molar-refractivity contribution in [3.05, 3.63) is 54.1 Å². The van der Waals surface area contributed by atoms with Crippen molar-refractivity contribution in [2.24, 2.45) is 0 Å². The van der Waals surface area contributed by atoms with E-state index in [0.717, 1.165) is 48.3 Å². The van der Waals surface area contributed by atoms with E-state index in [9.17, 15) is 12.8 Å². The first-order valence-electron chi connectivity index (χ1n) is 9.79. The number of ether oxygens (including phenoxy) is 1. The average Bonchev–Trinajstić information content (AvgIpc) is 3.13. The number of halogens is 1. The molecule has 2 aromatic carbocycles. The molecule has 1 aromatic heterocycles.